The molecule has 318 valence electrons. The zero-order valence-corrected chi connectivity index (χ0v) is 33.9. The van der Waals surface area contributed by atoms with E-state index in [4.69, 9.17) is 4.74 Å². The van der Waals surface area contributed by atoms with E-state index in [2.05, 4.69) is 15.3 Å². The van der Waals surface area contributed by atoms with Gasteiger partial charge in [0.25, 0.3) is 5.91 Å². The summed E-state index contributed by atoms with van der Waals surface area (Å²) in [7, 11) is -2.41. The number of carbonyl (C=O) groups is 4. The molecule has 0 radical (unpaired) electrons. The molecule has 3 aliphatic heterocycles. The third-order valence-electron chi connectivity index (χ3n) is 11.3. The molecule has 18 heteroatoms. The fraction of sp³-hybridized carbons (Fsp3) is 0.326. The van der Waals surface area contributed by atoms with Crippen LogP contribution < -0.4 is 14.9 Å². The van der Waals surface area contributed by atoms with E-state index in [0.29, 0.717) is 54.9 Å². The van der Waals surface area contributed by atoms with Crippen molar-refractivity contribution in [3.8, 4) is 11.1 Å². The highest BCUT2D eigenvalue weighted by Gasteiger charge is 2.39. The molecule has 2 atom stereocenters. The number of nitrogens with one attached hydrogen (secondary N) is 3. The molecule has 5 heterocycles. The van der Waals surface area contributed by atoms with Crippen LogP contribution in [0, 0.1) is 11.6 Å². The Bertz CT molecular complexity index is 2660. The van der Waals surface area contributed by atoms with Gasteiger partial charge in [-0.15, -0.1) is 0 Å². The van der Waals surface area contributed by atoms with Gasteiger partial charge in [-0.3, -0.25) is 29.2 Å². The summed E-state index contributed by atoms with van der Waals surface area (Å²) in [5.74, 6) is -4.56. The number of carbonyl (C=O) groups excluding carboxylic acids is 4. The fourth-order valence-electron chi connectivity index (χ4n) is 7.91. The monoisotopic (exact) mass is 857 g/mol. The number of rotatable bonds is 15. The van der Waals surface area contributed by atoms with Crippen molar-refractivity contribution in [1.29, 1.82) is 0 Å². The number of hydrogen-bond donors (Lipinski definition) is 3. The number of benzene rings is 3. The van der Waals surface area contributed by atoms with Gasteiger partial charge in [0.15, 0.2) is 5.82 Å². The van der Waals surface area contributed by atoms with Crippen LogP contribution in [0.5, 0.6) is 0 Å². The zero-order valence-electron chi connectivity index (χ0n) is 33.0. The van der Waals surface area contributed by atoms with E-state index >= 15 is 8.78 Å². The number of ether oxygens (including phenoxy) is 1. The Kier molecular flexibility index (Phi) is 11.7. The lowest BCUT2D eigenvalue weighted by molar-refractivity contribution is -0.136. The number of H-pyrrole nitrogens is 1. The first kappa shape index (κ1) is 41.6. The van der Waals surface area contributed by atoms with E-state index < -0.39 is 63.5 Å². The van der Waals surface area contributed by atoms with Crippen LogP contribution >= 0.6 is 0 Å². The SMILES string of the molecule is CN(CCOCCCc1ccc(-c2cnc3[nH]cc(C(=O)c4c(F)ccc(NS(=O)(=O)N5CC[C@@H](F)C5)c4F)c3c2)cc1)c1ccc2c(c1)CN(C1CCC(=O)NC1=O)C2=O. The van der Waals surface area contributed by atoms with Crippen LogP contribution in [0.25, 0.3) is 22.2 Å². The number of likely N-dealkylation sites (N-methyl/N-ethyl adjacent to an activating group) is 1. The van der Waals surface area contributed by atoms with Crippen LogP contribution in [-0.2, 0) is 37.5 Å². The van der Waals surface area contributed by atoms with Crippen LogP contribution in [0.4, 0.5) is 24.5 Å². The second-order valence-electron chi connectivity index (χ2n) is 15.4. The van der Waals surface area contributed by atoms with Gasteiger partial charge in [0.05, 0.1) is 17.9 Å². The van der Waals surface area contributed by atoms with Crippen molar-refractivity contribution in [2.24, 2.45) is 0 Å². The molecule has 14 nitrogen and oxygen atoms in total. The standard InChI is InChI=1S/C43H42F3N7O7S/c1-51(30-8-9-31-28(19-30)23-53(43(31)57)36-12-13-37(54)49-42(36)56)16-18-60-17-2-3-25-4-6-26(7-5-25)27-20-32-33(22-48-41(32)47-21-27)40(55)38-34(45)10-11-35(39(38)46)50-61(58,59)52-15-14-29(44)24-52/h4-11,19-22,29,36,50H,2-3,12-18,23-24H2,1H3,(H,47,48)(H,49,54,56)/t29-,36?/m1/s1. The van der Waals surface area contributed by atoms with Crippen molar-refractivity contribution in [2.75, 3.05) is 49.5 Å². The molecule has 3 aromatic carbocycles. The number of alkyl halides is 1. The minimum absolute atomic E-state index is 0.00215. The number of piperidine rings is 1. The average molecular weight is 858 g/mol. The van der Waals surface area contributed by atoms with Crippen molar-refractivity contribution in [2.45, 2.75) is 50.9 Å². The largest absolute Gasteiger partial charge is 0.380 e. The van der Waals surface area contributed by atoms with Crippen LogP contribution in [0.15, 0.2) is 73.1 Å². The molecule has 0 spiro atoms. The van der Waals surface area contributed by atoms with Gasteiger partial charge in [-0.2, -0.15) is 12.7 Å². The Hall–Kier alpha value is -6.11. The van der Waals surface area contributed by atoms with Crippen LogP contribution in [0.1, 0.15) is 63.1 Å². The Morgan fingerprint density at radius 1 is 1.02 bits per heavy atom. The molecular formula is C43H42F3N7O7S. The van der Waals surface area contributed by atoms with Gasteiger partial charge in [0.2, 0.25) is 17.6 Å². The van der Waals surface area contributed by atoms with Crippen molar-refractivity contribution in [3.63, 3.8) is 0 Å². The summed E-state index contributed by atoms with van der Waals surface area (Å²) in [6, 6.07) is 16.1. The van der Waals surface area contributed by atoms with Crippen LogP contribution in [0.2, 0.25) is 0 Å². The number of ketones is 1. The molecule has 8 rings (SSSR count). The molecule has 5 aromatic rings. The lowest BCUT2D eigenvalue weighted by atomic mass is 9.99. The van der Waals surface area contributed by atoms with Crippen molar-refractivity contribution >= 4 is 56.1 Å². The summed E-state index contributed by atoms with van der Waals surface area (Å²) in [5, 5.41) is 2.64. The molecule has 3 N–H and O–H groups in total. The first-order valence-corrected chi connectivity index (χ1v) is 21.3. The average Bonchev–Trinajstić information content (AvgIpc) is 3.97. The number of hydrogen-bond acceptors (Lipinski definition) is 9. The molecule has 3 amide bonds. The van der Waals surface area contributed by atoms with Gasteiger partial charge < -0.3 is 19.5 Å². The molecule has 0 aliphatic carbocycles. The predicted octanol–water partition coefficient (Wildman–Crippen LogP) is 5.29. The number of aromatic amines is 1. The van der Waals surface area contributed by atoms with E-state index in [1.807, 2.05) is 53.1 Å². The Labute approximate surface area is 349 Å². The summed E-state index contributed by atoms with van der Waals surface area (Å²) >= 11 is 0. The number of aromatic nitrogens is 2. The quantitative estimate of drug-likeness (QED) is 0.0719. The molecule has 0 saturated carbocycles. The zero-order chi connectivity index (χ0) is 43.0. The number of imide groups is 1. The number of anilines is 2. The van der Waals surface area contributed by atoms with Crippen molar-refractivity contribution in [3.05, 3.63) is 113 Å². The Morgan fingerprint density at radius 3 is 2.57 bits per heavy atom. The highest BCUT2D eigenvalue weighted by Crippen LogP contribution is 2.32. The number of pyridine rings is 1. The normalized spacial score (nSPS) is 18.2. The first-order chi connectivity index (χ1) is 29.3. The van der Waals surface area contributed by atoms with E-state index in [-0.39, 0.29) is 36.8 Å². The molecule has 0 bridgehead atoms. The number of nitrogens with zero attached hydrogens (tertiary/aromatic N) is 4. The van der Waals surface area contributed by atoms with E-state index in [1.54, 1.807) is 18.3 Å². The third-order valence-corrected chi connectivity index (χ3v) is 12.8. The second kappa shape index (κ2) is 17.1. The summed E-state index contributed by atoms with van der Waals surface area (Å²) in [4.78, 5) is 61.5. The van der Waals surface area contributed by atoms with Crippen LogP contribution in [0.3, 0.4) is 0 Å². The molecule has 61 heavy (non-hydrogen) atoms. The van der Waals surface area contributed by atoms with E-state index in [1.165, 1.54) is 11.1 Å². The third kappa shape index (κ3) is 8.60. The number of aryl methyl sites for hydroxylation is 1. The molecule has 3 aliphatic rings. The Morgan fingerprint density at radius 2 is 1.82 bits per heavy atom. The maximum Gasteiger partial charge on any atom is 0.301 e. The summed E-state index contributed by atoms with van der Waals surface area (Å²) in [5.41, 5.74) is 3.50. The highest BCUT2D eigenvalue weighted by atomic mass is 32.2. The van der Waals surface area contributed by atoms with Crippen molar-refractivity contribution in [1.82, 2.24) is 24.5 Å². The van der Waals surface area contributed by atoms with Gasteiger partial charge in [-0.1, -0.05) is 24.3 Å². The maximum atomic E-state index is 15.7. The van der Waals surface area contributed by atoms with Crippen LogP contribution in [-0.4, -0.2) is 103 Å². The van der Waals surface area contributed by atoms with Gasteiger partial charge in [-0.25, -0.2) is 18.2 Å². The van der Waals surface area contributed by atoms with Gasteiger partial charge in [0, 0.05) is 86.4 Å². The van der Waals surface area contributed by atoms with Gasteiger partial charge >= 0.3 is 10.2 Å². The molecule has 2 saturated heterocycles. The minimum Gasteiger partial charge on any atom is -0.380 e. The molecule has 2 aromatic heterocycles. The molecule has 2 fully saturated rings. The second-order valence-corrected chi connectivity index (χ2v) is 17.0. The van der Waals surface area contributed by atoms with E-state index in [9.17, 15) is 32.0 Å². The highest BCUT2D eigenvalue weighted by molar-refractivity contribution is 7.90. The number of amides is 3. The predicted molar refractivity (Wildman–Crippen MR) is 220 cm³/mol. The van der Waals surface area contributed by atoms with Crippen molar-refractivity contribution < 1.29 is 45.5 Å². The fourth-order valence-corrected chi connectivity index (χ4v) is 9.17. The lowest BCUT2D eigenvalue weighted by Crippen LogP contribution is -2.52. The minimum atomic E-state index is -4.36. The summed E-state index contributed by atoms with van der Waals surface area (Å²) in [6.45, 7) is 1.45. The van der Waals surface area contributed by atoms with Gasteiger partial charge in [-0.05, 0) is 78.8 Å². The molecular weight excluding hydrogens is 816 g/mol. The summed E-state index contributed by atoms with van der Waals surface area (Å²) < 4.78 is 78.7. The molecule has 1 unspecified atom stereocenters. The topological polar surface area (TPSA) is 174 Å². The van der Waals surface area contributed by atoms with E-state index in [0.717, 1.165) is 51.7 Å². The number of fused-ring (bicyclic) bond motifs is 2. The smallest absolute Gasteiger partial charge is 0.301 e. The number of halogens is 3. The summed E-state index contributed by atoms with van der Waals surface area (Å²) in [6.07, 6.45) is 3.60. The maximum absolute atomic E-state index is 15.7. The lowest BCUT2D eigenvalue weighted by Gasteiger charge is -2.29. The first-order valence-electron chi connectivity index (χ1n) is 19.8. The Balaban J connectivity index is 0.836. The van der Waals surface area contributed by atoms with Gasteiger partial charge in [0.1, 0.15) is 23.7 Å².